The van der Waals surface area contributed by atoms with E-state index in [0.717, 1.165) is 10.9 Å². The largest absolute Gasteiger partial charge is 0.375 e. The lowest BCUT2D eigenvalue weighted by molar-refractivity contribution is 0.0624. The van der Waals surface area contributed by atoms with Gasteiger partial charge in [0.15, 0.2) is 0 Å². The molecule has 2 fully saturated rings. The van der Waals surface area contributed by atoms with E-state index < -0.39 is 10.0 Å². The third-order valence-electron chi connectivity index (χ3n) is 3.76. The van der Waals surface area contributed by atoms with Crippen LogP contribution in [0.1, 0.15) is 6.42 Å². The smallest absolute Gasteiger partial charge is 0.245 e. The molecule has 0 amide bonds. The number of rotatable bonds is 2. The molecule has 1 saturated carbocycles. The van der Waals surface area contributed by atoms with Gasteiger partial charge in [0.05, 0.1) is 18.8 Å². The van der Waals surface area contributed by atoms with Crippen LogP contribution in [-0.2, 0) is 14.8 Å². The molecule has 1 aliphatic heterocycles. The van der Waals surface area contributed by atoms with Crippen molar-refractivity contribution < 1.29 is 13.2 Å². The quantitative estimate of drug-likeness (QED) is 0.883. The van der Waals surface area contributed by atoms with Gasteiger partial charge in [-0.25, -0.2) is 13.4 Å². The normalized spacial score (nSPS) is 26.6. The van der Waals surface area contributed by atoms with Gasteiger partial charge in [0.1, 0.15) is 10.5 Å². The molecular weight excluding hydrogens is 346 g/mol. The Bertz CT molecular complexity index is 788. The molecule has 1 saturated heterocycles. The molecule has 8 heteroatoms. The van der Waals surface area contributed by atoms with Crippen LogP contribution < -0.4 is 0 Å². The molecule has 2 aliphatic rings. The van der Waals surface area contributed by atoms with Crippen molar-refractivity contribution in [3.05, 3.63) is 22.9 Å². The van der Waals surface area contributed by atoms with Crippen LogP contribution in [0.4, 0.5) is 0 Å². The van der Waals surface area contributed by atoms with E-state index in [0.29, 0.717) is 24.2 Å². The maximum absolute atomic E-state index is 12.8. The van der Waals surface area contributed by atoms with Crippen molar-refractivity contribution in [3.63, 3.8) is 0 Å². The average Bonchev–Trinajstić information content (AvgIpc) is 3.09. The van der Waals surface area contributed by atoms with Crippen LogP contribution in [0, 0.1) is 0 Å². The number of aromatic amines is 1. The highest BCUT2D eigenvalue weighted by atomic mass is 79.9. The number of halogens is 1. The Hall–Kier alpha value is -0.960. The van der Waals surface area contributed by atoms with Gasteiger partial charge < -0.3 is 9.72 Å². The summed E-state index contributed by atoms with van der Waals surface area (Å²) in [5, 5.41) is 0.614. The molecule has 3 heterocycles. The maximum Gasteiger partial charge on any atom is 0.245 e. The van der Waals surface area contributed by atoms with Crippen molar-refractivity contribution in [2.45, 2.75) is 23.5 Å². The molecule has 0 bridgehead atoms. The monoisotopic (exact) mass is 357 g/mol. The number of H-pyrrole nitrogens is 1. The lowest BCUT2D eigenvalue weighted by atomic mass is 10.3. The van der Waals surface area contributed by atoms with E-state index in [1.165, 1.54) is 6.20 Å². The second-order valence-corrected chi connectivity index (χ2v) is 7.81. The van der Waals surface area contributed by atoms with Gasteiger partial charge in [-0.2, -0.15) is 4.31 Å². The molecule has 2 aromatic heterocycles. The molecule has 2 aromatic rings. The van der Waals surface area contributed by atoms with E-state index >= 15 is 0 Å². The first-order valence-corrected chi connectivity index (χ1v) is 8.57. The van der Waals surface area contributed by atoms with Gasteiger partial charge in [-0.05, 0) is 28.4 Å². The predicted octanol–water partition coefficient (Wildman–Crippen LogP) is 1.49. The topological polar surface area (TPSA) is 75.3 Å². The van der Waals surface area contributed by atoms with Crippen LogP contribution in [0.25, 0.3) is 11.0 Å². The van der Waals surface area contributed by atoms with E-state index in [1.54, 1.807) is 16.6 Å². The number of sulfonamides is 1. The summed E-state index contributed by atoms with van der Waals surface area (Å²) in [6.07, 6.45) is 4.03. The zero-order chi connectivity index (χ0) is 13.9. The van der Waals surface area contributed by atoms with Gasteiger partial charge in [0.2, 0.25) is 10.0 Å². The maximum atomic E-state index is 12.8. The zero-order valence-corrected chi connectivity index (χ0v) is 12.8. The Balaban J connectivity index is 1.83. The minimum Gasteiger partial charge on any atom is -0.375 e. The SMILES string of the molecule is O=S(=O)(c1c[nH]c2ncc(Br)cc12)N1CCOC2CC21. The second-order valence-electron chi connectivity index (χ2n) is 5.03. The molecule has 2 unspecified atom stereocenters. The highest BCUT2D eigenvalue weighted by Gasteiger charge is 2.51. The molecule has 6 nitrogen and oxygen atoms in total. The van der Waals surface area contributed by atoms with Crippen LogP contribution in [-0.4, -0.2) is 48.0 Å². The molecular formula is C12H12BrN3O3S. The summed E-state index contributed by atoms with van der Waals surface area (Å²) in [6, 6.07) is 1.77. The number of hydrogen-bond acceptors (Lipinski definition) is 4. The number of fused-ring (bicyclic) bond motifs is 2. The molecule has 4 rings (SSSR count). The highest BCUT2D eigenvalue weighted by molar-refractivity contribution is 9.10. The minimum atomic E-state index is -3.51. The lowest BCUT2D eigenvalue weighted by Gasteiger charge is -2.25. The number of nitrogens with zero attached hydrogens (tertiary/aromatic N) is 2. The third kappa shape index (κ3) is 1.82. The number of ether oxygens (including phenoxy) is 1. The van der Waals surface area contributed by atoms with Gasteiger partial charge in [-0.1, -0.05) is 0 Å². The average molecular weight is 358 g/mol. The third-order valence-corrected chi connectivity index (χ3v) is 6.16. The molecule has 1 N–H and O–H groups in total. The van der Waals surface area contributed by atoms with E-state index in [1.807, 2.05) is 0 Å². The van der Waals surface area contributed by atoms with Gasteiger partial charge in [0, 0.05) is 28.8 Å². The number of aromatic nitrogens is 2. The van der Waals surface area contributed by atoms with Crippen LogP contribution >= 0.6 is 15.9 Å². The Labute approximate surface area is 124 Å². The summed E-state index contributed by atoms with van der Waals surface area (Å²) in [5.41, 5.74) is 0.576. The first kappa shape index (κ1) is 12.8. The minimum absolute atomic E-state index is 0.00110. The fourth-order valence-electron chi connectivity index (χ4n) is 2.69. The zero-order valence-electron chi connectivity index (χ0n) is 10.4. The number of pyridine rings is 1. The first-order valence-electron chi connectivity index (χ1n) is 6.33. The van der Waals surface area contributed by atoms with Crippen molar-refractivity contribution in [3.8, 4) is 0 Å². The molecule has 0 aromatic carbocycles. The molecule has 1 aliphatic carbocycles. The molecule has 0 radical (unpaired) electrons. The summed E-state index contributed by atoms with van der Waals surface area (Å²) < 4.78 is 33.4. The van der Waals surface area contributed by atoms with Crippen molar-refractivity contribution in [2.75, 3.05) is 13.2 Å². The number of hydrogen-bond donors (Lipinski definition) is 1. The van der Waals surface area contributed by atoms with Crippen molar-refractivity contribution in [2.24, 2.45) is 0 Å². The van der Waals surface area contributed by atoms with Crippen LogP contribution in [0.3, 0.4) is 0 Å². The standard InChI is InChI=1S/C12H12BrN3O3S/c13-7-3-8-11(6-15-12(8)14-5-7)20(17,18)16-1-2-19-10-4-9(10)16/h3,5-6,9-10H,1-2,4H2,(H,14,15). The van der Waals surface area contributed by atoms with Crippen molar-refractivity contribution in [1.29, 1.82) is 0 Å². The number of nitrogens with one attached hydrogen (secondary N) is 1. The Morgan fingerprint density at radius 1 is 1.50 bits per heavy atom. The molecule has 106 valence electrons. The van der Waals surface area contributed by atoms with Crippen LogP contribution in [0.5, 0.6) is 0 Å². The molecule has 0 spiro atoms. The van der Waals surface area contributed by atoms with E-state index in [4.69, 9.17) is 4.74 Å². The highest BCUT2D eigenvalue weighted by Crippen LogP contribution is 2.39. The summed E-state index contributed by atoms with van der Waals surface area (Å²) in [4.78, 5) is 7.39. The van der Waals surface area contributed by atoms with E-state index in [9.17, 15) is 8.42 Å². The van der Waals surface area contributed by atoms with Crippen molar-refractivity contribution in [1.82, 2.24) is 14.3 Å². The van der Waals surface area contributed by atoms with E-state index in [-0.39, 0.29) is 17.0 Å². The fourth-order valence-corrected chi connectivity index (χ4v) is 4.81. The summed E-state index contributed by atoms with van der Waals surface area (Å²) in [6.45, 7) is 0.877. The number of morpholine rings is 1. The summed E-state index contributed by atoms with van der Waals surface area (Å²) in [5.74, 6) is 0. The van der Waals surface area contributed by atoms with Gasteiger partial charge >= 0.3 is 0 Å². The first-order chi connectivity index (χ1) is 9.57. The second kappa shape index (κ2) is 4.27. The fraction of sp³-hybridized carbons (Fsp3) is 0.417. The van der Waals surface area contributed by atoms with Crippen LogP contribution in [0.2, 0.25) is 0 Å². The molecule has 20 heavy (non-hydrogen) atoms. The van der Waals surface area contributed by atoms with Gasteiger partial charge in [0.25, 0.3) is 0 Å². The summed E-state index contributed by atoms with van der Waals surface area (Å²) in [7, 11) is -3.51. The Morgan fingerprint density at radius 3 is 3.20 bits per heavy atom. The lowest BCUT2D eigenvalue weighted by Crippen LogP contribution is -2.41. The Morgan fingerprint density at radius 2 is 2.35 bits per heavy atom. The van der Waals surface area contributed by atoms with Gasteiger partial charge in [-0.3, -0.25) is 0 Å². The van der Waals surface area contributed by atoms with Crippen LogP contribution in [0.15, 0.2) is 27.8 Å². The Kier molecular flexibility index (Phi) is 2.72. The van der Waals surface area contributed by atoms with E-state index in [2.05, 4.69) is 25.9 Å². The predicted molar refractivity (Wildman–Crippen MR) is 75.8 cm³/mol. The van der Waals surface area contributed by atoms with Gasteiger partial charge in [-0.15, -0.1) is 0 Å². The summed E-state index contributed by atoms with van der Waals surface area (Å²) >= 11 is 3.33. The van der Waals surface area contributed by atoms with Crippen molar-refractivity contribution >= 4 is 37.0 Å². The molecule has 2 atom stereocenters.